The highest BCUT2D eigenvalue weighted by Gasteiger charge is 2.29. The lowest BCUT2D eigenvalue weighted by atomic mass is 10.0. The van der Waals surface area contributed by atoms with Gasteiger partial charge in [0.25, 0.3) is 5.91 Å². The lowest BCUT2D eigenvalue weighted by Gasteiger charge is -2.13. The smallest absolute Gasteiger partial charge is 0.337 e. The molecule has 2 aromatic carbocycles. The average molecular weight is 457 g/mol. The molecule has 4 aromatic rings. The van der Waals surface area contributed by atoms with Gasteiger partial charge < -0.3 is 19.9 Å². The lowest BCUT2D eigenvalue weighted by Crippen LogP contribution is -2.09. The van der Waals surface area contributed by atoms with Crippen LogP contribution in [0.1, 0.15) is 20.8 Å². The minimum absolute atomic E-state index is 0.229. The number of ether oxygens (including phenoxy) is 1. The van der Waals surface area contributed by atoms with E-state index in [1.54, 1.807) is 35.7 Å². The van der Waals surface area contributed by atoms with Gasteiger partial charge in [-0.2, -0.15) is 0 Å². The van der Waals surface area contributed by atoms with Gasteiger partial charge in [-0.1, -0.05) is 12.1 Å². The van der Waals surface area contributed by atoms with Gasteiger partial charge >= 0.3 is 5.97 Å². The van der Waals surface area contributed by atoms with Crippen LogP contribution in [0, 0.1) is 0 Å². The Kier molecular flexibility index (Phi) is 5.27. The second-order valence-electron chi connectivity index (χ2n) is 7.50. The molecule has 33 heavy (non-hydrogen) atoms. The van der Waals surface area contributed by atoms with Crippen LogP contribution in [0.25, 0.3) is 22.7 Å². The Labute approximate surface area is 194 Å². The number of nitrogens with zero attached hydrogens (tertiary/aromatic N) is 2. The highest BCUT2D eigenvalue weighted by atomic mass is 32.1. The normalized spacial score (nSPS) is 13.9. The molecule has 0 spiro atoms. The van der Waals surface area contributed by atoms with Gasteiger partial charge in [0.2, 0.25) is 0 Å². The average Bonchev–Trinajstić information content (AvgIpc) is 3.57. The number of hydrogen-bond acceptors (Lipinski definition) is 6. The zero-order valence-corrected chi connectivity index (χ0v) is 18.8. The van der Waals surface area contributed by atoms with E-state index < -0.39 is 5.97 Å². The molecule has 0 radical (unpaired) electrons. The third-order valence-corrected chi connectivity index (χ3v) is 6.32. The standard InChI is InChI=1S/C25H20N4O3S/c1-29-12-11-26-23(29)15-5-8-17(9-6-15)27-22(20-4-3-13-33-20)21-18-10-7-16(25(31)32-2)14-19(18)28-24(21)30/h3-14,27H,1-2H3,(H,28,30)/b22-21-. The van der Waals surface area contributed by atoms with Crippen LogP contribution in [-0.4, -0.2) is 28.5 Å². The number of amides is 1. The van der Waals surface area contributed by atoms with E-state index in [0.29, 0.717) is 22.5 Å². The van der Waals surface area contributed by atoms with Crippen LogP contribution in [0.15, 0.2) is 72.4 Å². The Bertz CT molecular complexity index is 1390. The van der Waals surface area contributed by atoms with Crippen molar-refractivity contribution in [3.8, 4) is 11.4 Å². The number of thiophene rings is 1. The van der Waals surface area contributed by atoms with E-state index >= 15 is 0 Å². The molecule has 0 fully saturated rings. The van der Waals surface area contributed by atoms with E-state index in [2.05, 4.69) is 15.6 Å². The van der Waals surface area contributed by atoms with Crippen LogP contribution in [-0.2, 0) is 16.6 Å². The summed E-state index contributed by atoms with van der Waals surface area (Å²) in [5, 5.41) is 8.29. The number of aromatic nitrogens is 2. The Balaban J connectivity index is 1.55. The van der Waals surface area contributed by atoms with Gasteiger partial charge in [-0.05, 0) is 47.8 Å². The predicted molar refractivity (Wildman–Crippen MR) is 130 cm³/mol. The van der Waals surface area contributed by atoms with Crippen molar-refractivity contribution in [1.82, 2.24) is 9.55 Å². The monoisotopic (exact) mass is 456 g/mol. The minimum Gasteiger partial charge on any atom is -0.465 e. The summed E-state index contributed by atoms with van der Waals surface area (Å²) >= 11 is 1.54. The summed E-state index contributed by atoms with van der Waals surface area (Å²) in [6, 6.07) is 16.9. The Morgan fingerprint density at radius 3 is 2.64 bits per heavy atom. The number of nitrogens with one attached hydrogen (secondary N) is 2. The summed E-state index contributed by atoms with van der Waals surface area (Å²) in [5.41, 5.74) is 4.77. The molecule has 1 aliphatic heterocycles. The molecular weight excluding hydrogens is 436 g/mol. The molecule has 1 aliphatic rings. The number of imidazole rings is 1. The first kappa shape index (κ1) is 20.7. The van der Waals surface area contributed by atoms with Crippen LogP contribution in [0.5, 0.6) is 0 Å². The van der Waals surface area contributed by atoms with Crippen molar-refractivity contribution < 1.29 is 14.3 Å². The van der Waals surface area contributed by atoms with E-state index in [1.807, 2.05) is 59.6 Å². The van der Waals surface area contributed by atoms with Crippen molar-refractivity contribution in [2.75, 3.05) is 17.7 Å². The van der Waals surface area contributed by atoms with Crippen LogP contribution >= 0.6 is 11.3 Å². The van der Waals surface area contributed by atoms with Crippen molar-refractivity contribution in [3.05, 3.63) is 88.4 Å². The summed E-state index contributed by atoms with van der Waals surface area (Å²) in [4.78, 5) is 30.3. The Morgan fingerprint density at radius 1 is 1.15 bits per heavy atom. The fourth-order valence-electron chi connectivity index (χ4n) is 3.82. The summed E-state index contributed by atoms with van der Waals surface area (Å²) < 4.78 is 6.76. The van der Waals surface area contributed by atoms with Gasteiger partial charge in [0, 0.05) is 36.3 Å². The number of carbonyl (C=O) groups is 2. The first-order chi connectivity index (χ1) is 16.0. The largest absolute Gasteiger partial charge is 0.465 e. The van der Waals surface area contributed by atoms with E-state index in [-0.39, 0.29) is 5.91 Å². The summed E-state index contributed by atoms with van der Waals surface area (Å²) in [6.45, 7) is 0. The molecule has 0 saturated carbocycles. The van der Waals surface area contributed by atoms with Crippen molar-refractivity contribution in [1.29, 1.82) is 0 Å². The molecule has 0 aliphatic carbocycles. The summed E-state index contributed by atoms with van der Waals surface area (Å²) in [5.74, 6) is 0.199. The maximum Gasteiger partial charge on any atom is 0.337 e. The van der Waals surface area contributed by atoms with Gasteiger partial charge in [0.1, 0.15) is 5.82 Å². The molecule has 1 amide bonds. The molecule has 2 N–H and O–H groups in total. The van der Waals surface area contributed by atoms with E-state index in [0.717, 1.165) is 27.5 Å². The topological polar surface area (TPSA) is 85.2 Å². The maximum absolute atomic E-state index is 13.0. The van der Waals surface area contributed by atoms with E-state index in [4.69, 9.17) is 4.74 Å². The van der Waals surface area contributed by atoms with E-state index in [9.17, 15) is 9.59 Å². The van der Waals surface area contributed by atoms with Gasteiger partial charge in [-0.3, -0.25) is 4.79 Å². The van der Waals surface area contributed by atoms with Gasteiger partial charge in [-0.15, -0.1) is 11.3 Å². The first-order valence-electron chi connectivity index (χ1n) is 10.2. The van der Waals surface area contributed by atoms with Crippen molar-refractivity contribution >= 4 is 45.9 Å². The number of anilines is 2. The Hall–Kier alpha value is -4.17. The Morgan fingerprint density at radius 2 is 1.97 bits per heavy atom. The molecular formula is C25H20N4O3S. The van der Waals surface area contributed by atoms with Crippen molar-refractivity contribution in [2.45, 2.75) is 0 Å². The number of carbonyl (C=O) groups excluding carboxylic acids is 2. The zero-order valence-electron chi connectivity index (χ0n) is 18.0. The van der Waals surface area contributed by atoms with Crippen LogP contribution in [0.4, 0.5) is 11.4 Å². The molecule has 0 saturated heterocycles. The minimum atomic E-state index is -0.450. The third-order valence-electron chi connectivity index (χ3n) is 5.44. The predicted octanol–water partition coefficient (Wildman–Crippen LogP) is 4.87. The van der Waals surface area contributed by atoms with Gasteiger partial charge in [0.05, 0.1) is 34.5 Å². The molecule has 0 bridgehead atoms. The van der Waals surface area contributed by atoms with Crippen LogP contribution in [0.3, 0.4) is 0 Å². The zero-order chi connectivity index (χ0) is 22.9. The highest BCUT2D eigenvalue weighted by Crippen LogP contribution is 2.39. The molecule has 2 aromatic heterocycles. The maximum atomic E-state index is 13.0. The second-order valence-corrected chi connectivity index (χ2v) is 8.45. The molecule has 164 valence electrons. The molecule has 0 atom stereocenters. The molecule has 5 rings (SSSR count). The number of methoxy groups -OCH3 is 1. The third kappa shape index (κ3) is 3.81. The number of benzene rings is 2. The SMILES string of the molecule is COC(=O)c1ccc2c(c1)NC(=O)/C2=C(\Nc1ccc(-c2nccn2C)cc1)c1cccs1. The molecule has 3 heterocycles. The molecule has 0 unspecified atom stereocenters. The lowest BCUT2D eigenvalue weighted by molar-refractivity contribution is -0.110. The number of hydrogen-bond donors (Lipinski definition) is 2. The summed E-state index contributed by atoms with van der Waals surface area (Å²) in [7, 11) is 3.28. The van der Waals surface area contributed by atoms with Crippen molar-refractivity contribution in [2.24, 2.45) is 7.05 Å². The van der Waals surface area contributed by atoms with Crippen molar-refractivity contribution in [3.63, 3.8) is 0 Å². The second kappa shape index (κ2) is 8.40. The molecule has 8 heteroatoms. The number of aryl methyl sites for hydroxylation is 1. The molecule has 7 nitrogen and oxygen atoms in total. The van der Waals surface area contributed by atoms with Crippen LogP contribution < -0.4 is 10.6 Å². The number of fused-ring (bicyclic) bond motifs is 1. The number of esters is 1. The van der Waals surface area contributed by atoms with E-state index in [1.165, 1.54) is 7.11 Å². The van der Waals surface area contributed by atoms with Gasteiger partial charge in [0.15, 0.2) is 0 Å². The number of rotatable bonds is 5. The first-order valence-corrected chi connectivity index (χ1v) is 11.1. The fraction of sp³-hybridized carbons (Fsp3) is 0.0800. The highest BCUT2D eigenvalue weighted by molar-refractivity contribution is 7.11. The fourth-order valence-corrected chi connectivity index (χ4v) is 4.56. The summed E-state index contributed by atoms with van der Waals surface area (Å²) in [6.07, 6.45) is 3.67. The van der Waals surface area contributed by atoms with Crippen LogP contribution in [0.2, 0.25) is 0 Å². The van der Waals surface area contributed by atoms with Gasteiger partial charge in [-0.25, -0.2) is 9.78 Å². The quantitative estimate of drug-likeness (QED) is 0.331.